The van der Waals surface area contributed by atoms with Crippen LogP contribution >= 0.6 is 11.8 Å². The lowest BCUT2D eigenvalue weighted by Gasteiger charge is -2.16. The van der Waals surface area contributed by atoms with Crippen molar-refractivity contribution in [3.05, 3.63) is 35.9 Å². The maximum absolute atomic E-state index is 11.9. The minimum Gasteiger partial charge on any atom is -0.467 e. The van der Waals surface area contributed by atoms with E-state index in [0.29, 0.717) is 12.2 Å². The Morgan fingerprint density at radius 1 is 1.29 bits per heavy atom. The van der Waals surface area contributed by atoms with Crippen LogP contribution in [0.15, 0.2) is 30.3 Å². The molecule has 1 aromatic rings. The third-order valence-electron chi connectivity index (χ3n) is 3.01. The SMILES string of the molecule is CCCCC(NC(=O)CSCc1ccccc1)C(=O)OC. The van der Waals surface area contributed by atoms with Crippen molar-refractivity contribution >= 4 is 23.6 Å². The molecule has 1 rings (SSSR count). The number of methoxy groups -OCH3 is 1. The summed E-state index contributed by atoms with van der Waals surface area (Å²) in [5, 5.41) is 2.75. The average Bonchev–Trinajstić information content (AvgIpc) is 2.51. The minimum atomic E-state index is -0.528. The van der Waals surface area contributed by atoms with Crippen molar-refractivity contribution in [3.8, 4) is 0 Å². The number of benzene rings is 1. The first kappa shape index (κ1) is 17.6. The van der Waals surface area contributed by atoms with Gasteiger partial charge in [-0.25, -0.2) is 4.79 Å². The molecular weight excluding hydrogens is 286 g/mol. The summed E-state index contributed by atoms with van der Waals surface area (Å²) < 4.78 is 4.72. The van der Waals surface area contributed by atoms with Gasteiger partial charge >= 0.3 is 5.97 Å². The summed E-state index contributed by atoms with van der Waals surface area (Å²) in [5.74, 6) is 0.632. The smallest absolute Gasteiger partial charge is 0.328 e. The van der Waals surface area contributed by atoms with Gasteiger partial charge in [0.15, 0.2) is 0 Å². The highest BCUT2D eigenvalue weighted by Gasteiger charge is 2.20. The maximum Gasteiger partial charge on any atom is 0.328 e. The summed E-state index contributed by atoms with van der Waals surface area (Å²) in [6.07, 6.45) is 2.49. The van der Waals surface area contributed by atoms with Gasteiger partial charge in [0.2, 0.25) is 5.91 Å². The predicted molar refractivity (Wildman–Crippen MR) is 86.1 cm³/mol. The van der Waals surface area contributed by atoms with E-state index in [1.54, 1.807) is 0 Å². The fourth-order valence-corrected chi connectivity index (χ4v) is 2.67. The Bertz CT molecular complexity index is 436. The van der Waals surface area contributed by atoms with E-state index in [1.807, 2.05) is 37.3 Å². The monoisotopic (exact) mass is 309 g/mol. The Morgan fingerprint density at radius 2 is 2.00 bits per heavy atom. The molecule has 1 atom stereocenters. The molecular formula is C16H23NO3S. The first-order valence-corrected chi connectivity index (χ1v) is 8.31. The summed E-state index contributed by atoms with van der Waals surface area (Å²) in [6.45, 7) is 2.05. The van der Waals surface area contributed by atoms with Gasteiger partial charge in [-0.2, -0.15) is 0 Å². The van der Waals surface area contributed by atoms with Gasteiger partial charge in [-0.1, -0.05) is 50.1 Å². The lowest BCUT2D eigenvalue weighted by molar-refractivity contribution is -0.145. The molecule has 116 valence electrons. The van der Waals surface area contributed by atoms with Crippen molar-refractivity contribution in [1.29, 1.82) is 0 Å². The largest absolute Gasteiger partial charge is 0.467 e. The highest BCUT2D eigenvalue weighted by atomic mass is 32.2. The van der Waals surface area contributed by atoms with E-state index in [9.17, 15) is 9.59 Å². The van der Waals surface area contributed by atoms with Crippen LogP contribution < -0.4 is 5.32 Å². The zero-order valence-corrected chi connectivity index (χ0v) is 13.4. The van der Waals surface area contributed by atoms with E-state index in [1.165, 1.54) is 24.4 Å². The number of hydrogen-bond acceptors (Lipinski definition) is 4. The first-order chi connectivity index (χ1) is 10.2. The molecule has 0 spiro atoms. The molecule has 4 nitrogen and oxygen atoms in total. The fourth-order valence-electron chi connectivity index (χ4n) is 1.87. The number of carbonyl (C=O) groups excluding carboxylic acids is 2. The van der Waals surface area contributed by atoms with Crippen molar-refractivity contribution in [3.63, 3.8) is 0 Å². The molecule has 1 aromatic carbocycles. The molecule has 0 heterocycles. The van der Waals surface area contributed by atoms with Crippen molar-refractivity contribution in [2.75, 3.05) is 12.9 Å². The van der Waals surface area contributed by atoms with Crippen LogP contribution in [0.2, 0.25) is 0 Å². The molecule has 0 saturated heterocycles. The Hall–Kier alpha value is -1.49. The van der Waals surface area contributed by atoms with Crippen molar-refractivity contribution in [2.45, 2.75) is 38.0 Å². The van der Waals surface area contributed by atoms with Gasteiger partial charge in [0.1, 0.15) is 6.04 Å². The van der Waals surface area contributed by atoms with E-state index < -0.39 is 6.04 Å². The van der Waals surface area contributed by atoms with E-state index >= 15 is 0 Å². The highest BCUT2D eigenvalue weighted by Crippen LogP contribution is 2.11. The lowest BCUT2D eigenvalue weighted by Crippen LogP contribution is -2.42. The average molecular weight is 309 g/mol. The second-order valence-electron chi connectivity index (χ2n) is 4.76. The second kappa shape index (κ2) is 10.3. The molecule has 0 aliphatic heterocycles. The van der Waals surface area contributed by atoms with Crippen LogP contribution in [-0.2, 0) is 20.1 Å². The molecule has 1 amide bonds. The van der Waals surface area contributed by atoms with Gasteiger partial charge in [0.05, 0.1) is 12.9 Å². The minimum absolute atomic E-state index is 0.123. The van der Waals surface area contributed by atoms with E-state index in [2.05, 4.69) is 5.32 Å². The van der Waals surface area contributed by atoms with Gasteiger partial charge in [-0.3, -0.25) is 4.79 Å². The maximum atomic E-state index is 11.9. The normalized spacial score (nSPS) is 11.7. The predicted octanol–water partition coefficient (Wildman–Crippen LogP) is 2.77. The molecule has 1 N–H and O–H groups in total. The standard InChI is InChI=1S/C16H23NO3S/c1-3-4-10-14(16(19)20-2)17-15(18)12-21-11-13-8-6-5-7-9-13/h5-9,14H,3-4,10-12H2,1-2H3,(H,17,18). The van der Waals surface area contributed by atoms with Crippen LogP contribution in [0.5, 0.6) is 0 Å². The second-order valence-corrected chi connectivity index (χ2v) is 5.75. The topological polar surface area (TPSA) is 55.4 Å². The fraction of sp³-hybridized carbons (Fsp3) is 0.500. The zero-order chi connectivity index (χ0) is 15.5. The number of unbranched alkanes of at least 4 members (excludes halogenated alkanes) is 1. The van der Waals surface area contributed by atoms with E-state index in [-0.39, 0.29) is 11.9 Å². The van der Waals surface area contributed by atoms with Crippen LogP contribution in [0.1, 0.15) is 31.7 Å². The zero-order valence-electron chi connectivity index (χ0n) is 12.6. The number of rotatable bonds is 9. The summed E-state index contributed by atoms with van der Waals surface area (Å²) in [6, 6.07) is 9.46. The number of thioether (sulfide) groups is 1. The number of ether oxygens (including phenoxy) is 1. The van der Waals surface area contributed by atoms with Gasteiger partial charge in [-0.15, -0.1) is 11.8 Å². The highest BCUT2D eigenvalue weighted by molar-refractivity contribution is 7.99. The molecule has 0 aliphatic rings. The Balaban J connectivity index is 2.34. The van der Waals surface area contributed by atoms with Gasteiger partial charge < -0.3 is 10.1 Å². The Morgan fingerprint density at radius 3 is 2.62 bits per heavy atom. The molecule has 0 saturated carbocycles. The summed E-state index contributed by atoms with van der Waals surface area (Å²) in [5.41, 5.74) is 1.19. The number of nitrogens with one attached hydrogen (secondary N) is 1. The third kappa shape index (κ3) is 7.18. The molecule has 1 unspecified atom stereocenters. The van der Waals surface area contributed by atoms with Crippen LogP contribution in [0, 0.1) is 0 Å². The van der Waals surface area contributed by atoms with Gasteiger partial charge in [0.25, 0.3) is 0 Å². The van der Waals surface area contributed by atoms with Crippen LogP contribution in [0.25, 0.3) is 0 Å². The van der Waals surface area contributed by atoms with Gasteiger partial charge in [-0.05, 0) is 12.0 Å². The molecule has 0 radical (unpaired) electrons. The number of esters is 1. The quantitative estimate of drug-likeness (QED) is 0.713. The van der Waals surface area contributed by atoms with Crippen molar-refractivity contribution in [2.24, 2.45) is 0 Å². The van der Waals surface area contributed by atoms with E-state index in [0.717, 1.165) is 18.6 Å². The molecule has 5 heteroatoms. The molecule has 0 fully saturated rings. The van der Waals surface area contributed by atoms with Crippen molar-refractivity contribution < 1.29 is 14.3 Å². The van der Waals surface area contributed by atoms with Crippen LogP contribution in [0.3, 0.4) is 0 Å². The number of carbonyl (C=O) groups is 2. The molecule has 0 aliphatic carbocycles. The van der Waals surface area contributed by atoms with Crippen LogP contribution in [-0.4, -0.2) is 30.8 Å². The molecule has 0 bridgehead atoms. The Labute approximate surface area is 130 Å². The lowest BCUT2D eigenvalue weighted by atomic mass is 10.1. The number of hydrogen-bond donors (Lipinski definition) is 1. The molecule has 21 heavy (non-hydrogen) atoms. The Kier molecular flexibility index (Phi) is 8.59. The van der Waals surface area contributed by atoms with E-state index in [4.69, 9.17) is 4.74 Å². The molecule has 0 aromatic heterocycles. The third-order valence-corrected chi connectivity index (χ3v) is 4.02. The van der Waals surface area contributed by atoms with Gasteiger partial charge in [0, 0.05) is 5.75 Å². The van der Waals surface area contributed by atoms with Crippen LogP contribution in [0.4, 0.5) is 0 Å². The first-order valence-electron chi connectivity index (χ1n) is 7.16. The number of amides is 1. The van der Waals surface area contributed by atoms with Crippen molar-refractivity contribution in [1.82, 2.24) is 5.32 Å². The summed E-state index contributed by atoms with van der Waals surface area (Å²) in [4.78, 5) is 23.5. The summed E-state index contributed by atoms with van der Waals surface area (Å²) >= 11 is 1.54. The summed E-state index contributed by atoms with van der Waals surface area (Å²) in [7, 11) is 1.34.